The third-order valence-electron chi connectivity index (χ3n) is 2.96. The lowest BCUT2D eigenvalue weighted by Gasteiger charge is -2.35. The minimum atomic E-state index is -3.07. The predicted octanol–water partition coefficient (Wildman–Crippen LogP) is 0.972. The van der Waals surface area contributed by atoms with Gasteiger partial charge in [0.1, 0.15) is 0 Å². The molecule has 0 aromatic carbocycles. The van der Waals surface area contributed by atoms with Crippen LogP contribution in [-0.2, 0) is 14.3 Å². The predicted molar refractivity (Wildman–Crippen MR) is 57.2 cm³/mol. The van der Waals surface area contributed by atoms with Gasteiger partial charge in [0.05, 0.1) is 11.3 Å². The fraction of sp³-hybridized carbons (Fsp3) is 0.800. The van der Waals surface area contributed by atoms with Crippen LogP contribution in [-0.4, -0.2) is 43.8 Å². The van der Waals surface area contributed by atoms with Gasteiger partial charge in [-0.1, -0.05) is 0 Å². The zero-order chi connectivity index (χ0) is 12.9. The molecule has 1 N–H and O–H groups in total. The van der Waals surface area contributed by atoms with Crippen LogP contribution < -0.4 is 5.32 Å². The van der Waals surface area contributed by atoms with Crippen molar-refractivity contribution in [3.8, 4) is 0 Å². The van der Waals surface area contributed by atoms with E-state index in [4.69, 9.17) is 16.3 Å². The third-order valence-corrected chi connectivity index (χ3v) is 3.20. The topological polar surface area (TPSA) is 55.4 Å². The Hall–Kier alpha value is -0.750. The van der Waals surface area contributed by atoms with E-state index in [0.29, 0.717) is 26.1 Å². The number of ether oxygens (including phenoxy) is 1. The van der Waals surface area contributed by atoms with Crippen LogP contribution in [0.5, 0.6) is 0 Å². The van der Waals surface area contributed by atoms with Gasteiger partial charge in [0.15, 0.2) is 5.78 Å². The zero-order valence-corrected chi connectivity index (χ0v) is 9.93. The maximum atomic E-state index is 12.0. The van der Waals surface area contributed by atoms with Gasteiger partial charge in [-0.2, -0.15) is 8.78 Å². The van der Waals surface area contributed by atoms with Crippen molar-refractivity contribution in [2.24, 2.45) is 5.41 Å². The fourth-order valence-corrected chi connectivity index (χ4v) is 2.08. The maximum Gasteiger partial charge on any atom is 0.315 e. The van der Waals surface area contributed by atoms with Gasteiger partial charge in [-0.3, -0.25) is 9.59 Å². The highest BCUT2D eigenvalue weighted by atomic mass is 35.5. The molecule has 1 saturated heterocycles. The molecule has 0 unspecified atom stereocenters. The Kier molecular flexibility index (Phi) is 5.27. The van der Waals surface area contributed by atoms with Crippen molar-refractivity contribution in [2.45, 2.75) is 19.3 Å². The largest absolute Gasteiger partial charge is 0.381 e. The van der Waals surface area contributed by atoms with E-state index in [1.165, 1.54) is 0 Å². The average Bonchev–Trinajstić information content (AvgIpc) is 2.35. The number of nitrogens with one attached hydrogen (secondary N) is 1. The Morgan fingerprint density at radius 2 is 1.94 bits per heavy atom. The summed E-state index contributed by atoms with van der Waals surface area (Å²) in [6.07, 6.45) is -2.29. The molecule has 0 aliphatic carbocycles. The SMILES string of the molecule is O=C(NCC1(C(=O)CCl)CCOCC1)C(F)F. The first kappa shape index (κ1) is 14.3. The lowest BCUT2D eigenvalue weighted by atomic mass is 9.76. The Morgan fingerprint density at radius 3 is 2.41 bits per heavy atom. The molecule has 1 amide bonds. The van der Waals surface area contributed by atoms with Crippen molar-refractivity contribution < 1.29 is 23.1 Å². The summed E-state index contributed by atoms with van der Waals surface area (Å²) in [4.78, 5) is 22.5. The summed E-state index contributed by atoms with van der Waals surface area (Å²) in [5.74, 6) is -1.79. The van der Waals surface area contributed by atoms with E-state index >= 15 is 0 Å². The van der Waals surface area contributed by atoms with Crippen molar-refractivity contribution >= 4 is 23.3 Å². The Balaban J connectivity index is 2.64. The number of alkyl halides is 3. The van der Waals surface area contributed by atoms with Crippen LogP contribution in [0.3, 0.4) is 0 Å². The second-order valence-corrected chi connectivity index (χ2v) is 4.24. The molecule has 1 aliphatic heterocycles. The highest BCUT2D eigenvalue weighted by molar-refractivity contribution is 6.28. The highest BCUT2D eigenvalue weighted by Crippen LogP contribution is 2.31. The molecule has 98 valence electrons. The van der Waals surface area contributed by atoms with Gasteiger partial charge in [-0.15, -0.1) is 11.6 Å². The molecule has 0 atom stereocenters. The van der Waals surface area contributed by atoms with Crippen molar-refractivity contribution in [1.29, 1.82) is 0 Å². The molecule has 7 heteroatoms. The van der Waals surface area contributed by atoms with E-state index in [2.05, 4.69) is 5.32 Å². The van der Waals surface area contributed by atoms with Crippen LogP contribution in [0, 0.1) is 5.41 Å². The van der Waals surface area contributed by atoms with Crippen LogP contribution >= 0.6 is 11.6 Å². The molecular weight excluding hydrogens is 256 g/mol. The van der Waals surface area contributed by atoms with Crippen molar-refractivity contribution in [3.05, 3.63) is 0 Å². The normalized spacial score (nSPS) is 19.1. The number of rotatable bonds is 5. The number of amides is 1. The molecule has 1 rings (SSSR count). The molecule has 0 saturated carbocycles. The van der Waals surface area contributed by atoms with Gasteiger partial charge in [-0.05, 0) is 12.8 Å². The van der Waals surface area contributed by atoms with Gasteiger partial charge < -0.3 is 10.1 Å². The summed E-state index contributed by atoms with van der Waals surface area (Å²) in [7, 11) is 0. The molecule has 4 nitrogen and oxygen atoms in total. The van der Waals surface area contributed by atoms with Gasteiger partial charge >= 0.3 is 6.43 Å². The van der Waals surface area contributed by atoms with Crippen molar-refractivity contribution in [3.63, 3.8) is 0 Å². The standard InChI is InChI=1S/C10H14ClF2NO3/c11-5-7(15)10(1-3-17-4-2-10)6-14-9(16)8(12)13/h8H,1-6H2,(H,14,16). The Labute approximate surface area is 103 Å². The molecular formula is C10H14ClF2NO3. The van der Waals surface area contributed by atoms with Crippen LogP contribution in [0.25, 0.3) is 0 Å². The zero-order valence-electron chi connectivity index (χ0n) is 9.18. The third kappa shape index (κ3) is 3.61. The second kappa shape index (κ2) is 6.26. The number of hydrogen-bond acceptors (Lipinski definition) is 3. The van der Waals surface area contributed by atoms with Crippen molar-refractivity contribution in [2.75, 3.05) is 25.6 Å². The number of ketones is 1. The molecule has 0 aromatic heterocycles. The lowest BCUT2D eigenvalue weighted by molar-refractivity contribution is -0.136. The summed E-state index contributed by atoms with van der Waals surface area (Å²) < 4.78 is 29.2. The molecule has 17 heavy (non-hydrogen) atoms. The van der Waals surface area contributed by atoms with E-state index in [1.54, 1.807) is 0 Å². The summed E-state index contributed by atoms with van der Waals surface area (Å²) in [6, 6.07) is 0. The molecule has 1 aliphatic rings. The molecule has 0 aromatic rings. The first-order valence-corrected chi connectivity index (χ1v) is 5.78. The number of Topliss-reactive ketones (excluding diaryl/α,β-unsaturated/α-hetero) is 1. The summed E-state index contributed by atoms with van der Waals surface area (Å²) >= 11 is 5.50. The van der Waals surface area contributed by atoms with Crippen LogP contribution in [0.4, 0.5) is 8.78 Å². The highest BCUT2D eigenvalue weighted by Gasteiger charge is 2.39. The summed E-state index contributed by atoms with van der Waals surface area (Å²) in [5, 5.41) is 2.08. The number of hydrogen-bond donors (Lipinski definition) is 1. The van der Waals surface area contributed by atoms with E-state index in [-0.39, 0.29) is 18.2 Å². The smallest absolute Gasteiger partial charge is 0.315 e. The Bertz CT molecular complexity index is 293. The molecule has 0 bridgehead atoms. The second-order valence-electron chi connectivity index (χ2n) is 3.97. The lowest BCUT2D eigenvalue weighted by Crippen LogP contribution is -2.48. The van der Waals surface area contributed by atoms with Gasteiger partial charge in [0.25, 0.3) is 5.91 Å². The first-order valence-electron chi connectivity index (χ1n) is 5.25. The van der Waals surface area contributed by atoms with E-state index in [1.807, 2.05) is 0 Å². The monoisotopic (exact) mass is 269 g/mol. The molecule has 1 heterocycles. The van der Waals surface area contributed by atoms with Crippen LogP contribution in [0.1, 0.15) is 12.8 Å². The molecule has 0 radical (unpaired) electrons. The maximum absolute atomic E-state index is 12.0. The Morgan fingerprint density at radius 1 is 1.35 bits per heavy atom. The molecule has 1 fully saturated rings. The first-order chi connectivity index (χ1) is 8.02. The number of carbonyl (C=O) groups excluding carboxylic acids is 2. The van der Waals surface area contributed by atoms with Crippen LogP contribution in [0.15, 0.2) is 0 Å². The quantitative estimate of drug-likeness (QED) is 0.757. The average molecular weight is 270 g/mol. The number of carbonyl (C=O) groups is 2. The minimum Gasteiger partial charge on any atom is -0.381 e. The van der Waals surface area contributed by atoms with Crippen LogP contribution in [0.2, 0.25) is 0 Å². The van der Waals surface area contributed by atoms with E-state index < -0.39 is 17.7 Å². The van der Waals surface area contributed by atoms with E-state index in [9.17, 15) is 18.4 Å². The van der Waals surface area contributed by atoms with Gasteiger partial charge in [0.2, 0.25) is 0 Å². The minimum absolute atomic E-state index is 0.106. The van der Waals surface area contributed by atoms with Gasteiger partial charge in [0, 0.05) is 19.8 Å². The summed E-state index contributed by atoms with van der Waals surface area (Å²) in [5.41, 5.74) is -0.857. The molecule has 0 spiro atoms. The fourth-order valence-electron chi connectivity index (χ4n) is 1.79. The van der Waals surface area contributed by atoms with Gasteiger partial charge in [-0.25, -0.2) is 0 Å². The van der Waals surface area contributed by atoms with E-state index in [0.717, 1.165) is 0 Å². The summed E-state index contributed by atoms with van der Waals surface area (Å²) in [6.45, 7) is 0.630. The number of halogens is 3. The van der Waals surface area contributed by atoms with Crippen molar-refractivity contribution in [1.82, 2.24) is 5.32 Å².